The molecule has 0 aliphatic carbocycles. The van der Waals surface area contributed by atoms with Gasteiger partial charge in [0, 0.05) is 5.69 Å². The van der Waals surface area contributed by atoms with Crippen molar-refractivity contribution in [1.82, 2.24) is 0 Å². The molecule has 0 radical (unpaired) electrons. The van der Waals surface area contributed by atoms with Crippen LogP contribution < -0.4 is 5.32 Å². The van der Waals surface area contributed by atoms with Crippen LogP contribution in [0.4, 0.5) is 5.69 Å². The van der Waals surface area contributed by atoms with Crippen molar-refractivity contribution in [1.29, 1.82) is 5.41 Å². The van der Waals surface area contributed by atoms with E-state index in [1.54, 1.807) is 5.87 Å². The number of nitrogens with one attached hydrogen (secondary N) is 2. The second-order valence-electron chi connectivity index (χ2n) is 3.71. The fourth-order valence-electron chi connectivity index (χ4n) is 1.49. The lowest BCUT2D eigenvalue weighted by molar-refractivity contribution is -0.137. The van der Waals surface area contributed by atoms with Crippen molar-refractivity contribution in [3.63, 3.8) is 0 Å². The summed E-state index contributed by atoms with van der Waals surface area (Å²) in [4.78, 5) is 23.1. The van der Waals surface area contributed by atoms with Crippen LogP contribution in [0.25, 0.3) is 0 Å². The van der Waals surface area contributed by atoms with E-state index >= 15 is 0 Å². The van der Waals surface area contributed by atoms with Crippen LogP contribution in [-0.2, 0) is 14.3 Å². The SMILES string of the molecule is COC(=O)C(=C=N)C(=O)Nc1c(C)cccc1C. The summed E-state index contributed by atoms with van der Waals surface area (Å²) in [5.41, 5.74) is 1.91. The molecule has 0 saturated heterocycles. The second-order valence-corrected chi connectivity index (χ2v) is 3.71. The molecule has 0 saturated carbocycles. The van der Waals surface area contributed by atoms with Gasteiger partial charge in [0.2, 0.25) is 0 Å². The maximum absolute atomic E-state index is 11.8. The van der Waals surface area contributed by atoms with E-state index in [4.69, 9.17) is 5.41 Å². The molecule has 5 nitrogen and oxygen atoms in total. The number of rotatable bonds is 3. The van der Waals surface area contributed by atoms with Gasteiger partial charge in [-0.25, -0.2) is 4.79 Å². The van der Waals surface area contributed by atoms with Gasteiger partial charge in [-0.15, -0.1) is 0 Å². The number of ether oxygens (including phenoxy) is 1. The number of carbonyl (C=O) groups is 2. The zero-order valence-electron chi connectivity index (χ0n) is 10.5. The number of amides is 1. The zero-order valence-corrected chi connectivity index (χ0v) is 10.5. The smallest absolute Gasteiger partial charge is 0.353 e. The van der Waals surface area contributed by atoms with Crippen molar-refractivity contribution >= 4 is 23.4 Å². The van der Waals surface area contributed by atoms with Gasteiger partial charge < -0.3 is 10.1 Å². The molecular formula is C13H14N2O3. The van der Waals surface area contributed by atoms with Crippen molar-refractivity contribution in [2.24, 2.45) is 0 Å². The summed E-state index contributed by atoms with van der Waals surface area (Å²) in [6.45, 7) is 3.68. The molecule has 0 aliphatic heterocycles. The number of anilines is 1. The van der Waals surface area contributed by atoms with E-state index in [0.29, 0.717) is 5.69 Å². The maximum atomic E-state index is 11.8. The molecule has 0 fully saturated rings. The first-order chi connectivity index (χ1) is 8.51. The highest BCUT2D eigenvalue weighted by molar-refractivity contribution is 6.26. The van der Waals surface area contributed by atoms with Gasteiger partial charge in [0.15, 0.2) is 5.57 Å². The van der Waals surface area contributed by atoms with Gasteiger partial charge >= 0.3 is 5.97 Å². The Kier molecular flexibility index (Phi) is 4.40. The van der Waals surface area contributed by atoms with Gasteiger partial charge in [-0.1, -0.05) is 18.2 Å². The molecule has 1 amide bonds. The van der Waals surface area contributed by atoms with Crippen LogP contribution in [0.2, 0.25) is 0 Å². The van der Waals surface area contributed by atoms with Gasteiger partial charge in [-0.05, 0) is 30.8 Å². The molecule has 0 spiro atoms. The van der Waals surface area contributed by atoms with Gasteiger partial charge in [0.25, 0.3) is 5.91 Å². The van der Waals surface area contributed by atoms with Crippen LogP contribution >= 0.6 is 0 Å². The predicted octanol–water partition coefficient (Wildman–Crippen LogP) is 1.59. The molecule has 1 rings (SSSR count). The number of carbonyl (C=O) groups excluding carboxylic acids is 2. The largest absolute Gasteiger partial charge is 0.465 e. The Morgan fingerprint density at radius 1 is 1.28 bits per heavy atom. The van der Waals surface area contributed by atoms with Gasteiger partial charge in [0.05, 0.1) is 7.11 Å². The Morgan fingerprint density at radius 2 is 1.83 bits per heavy atom. The van der Waals surface area contributed by atoms with Crippen LogP contribution in [-0.4, -0.2) is 24.9 Å². The van der Waals surface area contributed by atoms with Gasteiger partial charge in [-0.3, -0.25) is 10.2 Å². The summed E-state index contributed by atoms with van der Waals surface area (Å²) in [6.07, 6.45) is 0. The molecule has 2 N–H and O–H groups in total. The summed E-state index contributed by atoms with van der Waals surface area (Å²) in [5.74, 6) is 0.211. The monoisotopic (exact) mass is 246 g/mol. The predicted molar refractivity (Wildman–Crippen MR) is 67.8 cm³/mol. The summed E-state index contributed by atoms with van der Waals surface area (Å²) in [5, 5.41) is 9.53. The minimum absolute atomic E-state index is 0.458. The van der Waals surface area contributed by atoms with Gasteiger partial charge in [0.1, 0.15) is 0 Å². The average Bonchev–Trinajstić information content (AvgIpc) is 2.34. The molecular weight excluding hydrogens is 232 g/mol. The standard InChI is InChI=1S/C13H14N2O3/c1-8-5-4-6-9(2)11(8)15-12(16)10(7-14)13(17)18-3/h4-6,14H,1-3H3,(H,15,16). The number of hydrogen-bond donors (Lipinski definition) is 2. The number of methoxy groups -OCH3 is 1. The summed E-state index contributed by atoms with van der Waals surface area (Å²) >= 11 is 0. The molecule has 0 bridgehead atoms. The van der Waals surface area contributed by atoms with Gasteiger partial charge in [-0.2, -0.15) is 0 Å². The zero-order chi connectivity index (χ0) is 13.7. The first-order valence-corrected chi connectivity index (χ1v) is 5.26. The fraction of sp³-hybridized carbons (Fsp3) is 0.231. The van der Waals surface area contributed by atoms with E-state index in [1.165, 1.54) is 0 Å². The molecule has 1 aromatic carbocycles. The van der Waals surface area contributed by atoms with E-state index in [1.807, 2.05) is 32.0 Å². The normalized spacial score (nSPS) is 9.28. The Hall–Kier alpha value is -2.39. The number of para-hydroxylation sites is 1. The van der Waals surface area contributed by atoms with Crippen molar-refractivity contribution < 1.29 is 14.3 Å². The van der Waals surface area contributed by atoms with Crippen molar-refractivity contribution in [3.8, 4) is 0 Å². The minimum atomic E-state index is -0.881. The molecule has 0 heterocycles. The Labute approximate surface area is 105 Å². The summed E-state index contributed by atoms with van der Waals surface area (Å²) in [7, 11) is 1.14. The van der Waals surface area contributed by atoms with Crippen molar-refractivity contribution in [2.45, 2.75) is 13.8 Å². The molecule has 18 heavy (non-hydrogen) atoms. The molecule has 5 heteroatoms. The summed E-state index contributed by atoms with van der Waals surface area (Å²) in [6, 6.07) is 5.55. The minimum Gasteiger partial charge on any atom is -0.465 e. The molecule has 1 aromatic rings. The third-order valence-corrected chi connectivity index (χ3v) is 2.46. The van der Waals surface area contributed by atoms with Crippen LogP contribution in [0.1, 0.15) is 11.1 Å². The first-order valence-electron chi connectivity index (χ1n) is 5.26. The quantitative estimate of drug-likeness (QED) is 0.279. The molecule has 0 aliphatic rings. The topological polar surface area (TPSA) is 79.2 Å². The fourth-order valence-corrected chi connectivity index (χ4v) is 1.49. The lowest BCUT2D eigenvalue weighted by Gasteiger charge is -2.11. The molecule has 0 unspecified atom stereocenters. The van der Waals surface area contributed by atoms with Crippen LogP contribution in [0, 0.1) is 19.3 Å². The highest BCUT2D eigenvalue weighted by Crippen LogP contribution is 2.19. The van der Waals surface area contributed by atoms with Crippen molar-refractivity contribution in [3.05, 3.63) is 34.9 Å². The number of benzene rings is 1. The van der Waals surface area contributed by atoms with E-state index in [9.17, 15) is 9.59 Å². The highest BCUT2D eigenvalue weighted by Gasteiger charge is 2.20. The lowest BCUT2D eigenvalue weighted by atomic mass is 10.1. The number of esters is 1. The third-order valence-electron chi connectivity index (χ3n) is 2.46. The van der Waals surface area contributed by atoms with E-state index in [2.05, 4.69) is 10.1 Å². The van der Waals surface area contributed by atoms with E-state index in [0.717, 1.165) is 18.2 Å². The molecule has 0 aromatic heterocycles. The van der Waals surface area contributed by atoms with Crippen LogP contribution in [0.5, 0.6) is 0 Å². The molecule has 0 atom stereocenters. The second kappa shape index (κ2) is 5.80. The van der Waals surface area contributed by atoms with Crippen LogP contribution in [0.15, 0.2) is 23.8 Å². The highest BCUT2D eigenvalue weighted by atomic mass is 16.5. The van der Waals surface area contributed by atoms with Crippen LogP contribution in [0.3, 0.4) is 0 Å². The molecule has 94 valence electrons. The summed E-state index contributed by atoms with van der Waals surface area (Å²) < 4.78 is 4.40. The maximum Gasteiger partial charge on any atom is 0.353 e. The Balaban J connectivity index is 3.02. The first kappa shape index (κ1) is 13.7. The van der Waals surface area contributed by atoms with Crippen molar-refractivity contribution in [2.75, 3.05) is 12.4 Å². The Morgan fingerprint density at radius 3 is 2.28 bits per heavy atom. The van der Waals surface area contributed by atoms with E-state index < -0.39 is 17.4 Å². The van der Waals surface area contributed by atoms with E-state index in [-0.39, 0.29) is 0 Å². The number of hydrogen-bond acceptors (Lipinski definition) is 4. The Bertz CT molecular complexity index is 523. The third kappa shape index (κ3) is 2.84. The average molecular weight is 246 g/mol. The lowest BCUT2D eigenvalue weighted by Crippen LogP contribution is -2.22. The number of aryl methyl sites for hydroxylation is 2.